The van der Waals surface area contributed by atoms with E-state index >= 15 is 0 Å². The molecule has 0 atom stereocenters. The van der Waals surface area contributed by atoms with Crippen LogP contribution < -0.4 is 27.0 Å². The van der Waals surface area contributed by atoms with Gasteiger partial charge in [-0.3, -0.25) is 4.79 Å². The highest BCUT2D eigenvalue weighted by molar-refractivity contribution is 5.72. The number of unbranched alkanes of at least 4 members (excludes halogenated alkanes) is 1. The monoisotopic (exact) mass is 287 g/mol. The van der Waals surface area contributed by atoms with Gasteiger partial charge in [0, 0.05) is 26.6 Å². The maximum Gasteiger partial charge on any atom is 0.216 e. The number of nitrogens with one attached hydrogen (secondary N) is 4. The van der Waals surface area contributed by atoms with Crippen LogP contribution in [0.4, 0.5) is 0 Å². The fraction of sp³-hybridized carbons (Fsp3) is 0.929. The molecule has 6 N–H and O–H groups in total. The van der Waals surface area contributed by atoms with Gasteiger partial charge in [-0.1, -0.05) is 0 Å². The van der Waals surface area contributed by atoms with Crippen LogP contribution in [0.25, 0.3) is 0 Å². The fourth-order valence-electron chi connectivity index (χ4n) is 1.79. The van der Waals surface area contributed by atoms with Gasteiger partial charge < -0.3 is 27.0 Å². The molecule has 6 heteroatoms. The Kier molecular flexibility index (Phi) is 15.8. The number of hydrogen-bond donors (Lipinski definition) is 5. The van der Waals surface area contributed by atoms with Gasteiger partial charge in [0.2, 0.25) is 5.91 Å². The lowest BCUT2D eigenvalue weighted by Crippen LogP contribution is -2.27. The van der Waals surface area contributed by atoms with Crippen LogP contribution in [0.2, 0.25) is 0 Å². The molecule has 20 heavy (non-hydrogen) atoms. The molecule has 0 unspecified atom stereocenters. The molecule has 0 rings (SSSR count). The average molecular weight is 287 g/mol. The zero-order valence-corrected chi connectivity index (χ0v) is 13.0. The first-order valence-electron chi connectivity index (χ1n) is 7.84. The van der Waals surface area contributed by atoms with E-state index in [0.29, 0.717) is 6.54 Å². The van der Waals surface area contributed by atoms with Crippen molar-refractivity contribution in [2.24, 2.45) is 5.73 Å². The third kappa shape index (κ3) is 17.3. The average Bonchev–Trinajstić information content (AvgIpc) is 2.43. The second-order valence-corrected chi connectivity index (χ2v) is 4.94. The molecule has 0 aromatic carbocycles. The van der Waals surface area contributed by atoms with E-state index < -0.39 is 0 Å². The lowest BCUT2D eigenvalue weighted by molar-refractivity contribution is -0.118. The first-order chi connectivity index (χ1) is 9.77. The number of amides is 1. The standard InChI is InChI=1S/C14H33N5O/c1-14(20)19-12-5-11-17-8-3-2-7-16-9-4-10-18-13-6-15/h16-18H,2-13,15H2,1H3,(H,19,20). The summed E-state index contributed by atoms with van der Waals surface area (Å²) in [6, 6.07) is 0. The molecular weight excluding hydrogens is 254 g/mol. The summed E-state index contributed by atoms with van der Waals surface area (Å²) in [5.74, 6) is 0.0503. The van der Waals surface area contributed by atoms with Crippen molar-refractivity contribution in [2.45, 2.75) is 32.6 Å². The van der Waals surface area contributed by atoms with Crippen LogP contribution >= 0.6 is 0 Å². The van der Waals surface area contributed by atoms with E-state index in [1.54, 1.807) is 6.92 Å². The van der Waals surface area contributed by atoms with Gasteiger partial charge in [0.1, 0.15) is 0 Å². The molecule has 0 spiro atoms. The number of rotatable bonds is 15. The van der Waals surface area contributed by atoms with Gasteiger partial charge in [-0.05, 0) is 58.4 Å². The summed E-state index contributed by atoms with van der Waals surface area (Å²) in [5.41, 5.74) is 5.39. The van der Waals surface area contributed by atoms with Gasteiger partial charge in [-0.2, -0.15) is 0 Å². The Morgan fingerprint density at radius 2 is 1.20 bits per heavy atom. The minimum atomic E-state index is 0.0503. The van der Waals surface area contributed by atoms with Crippen molar-refractivity contribution < 1.29 is 4.79 Å². The Balaban J connectivity index is 2.94. The Bertz CT molecular complexity index is 214. The van der Waals surface area contributed by atoms with Crippen molar-refractivity contribution in [1.29, 1.82) is 0 Å². The predicted octanol–water partition coefficient (Wildman–Crippen LogP) is -0.590. The van der Waals surface area contributed by atoms with Crippen molar-refractivity contribution in [1.82, 2.24) is 21.3 Å². The molecule has 0 aromatic heterocycles. The Morgan fingerprint density at radius 3 is 1.70 bits per heavy atom. The third-order valence-corrected chi connectivity index (χ3v) is 2.89. The second kappa shape index (κ2) is 16.4. The minimum Gasteiger partial charge on any atom is -0.356 e. The number of carbonyl (C=O) groups is 1. The van der Waals surface area contributed by atoms with Gasteiger partial charge in [-0.15, -0.1) is 0 Å². The van der Waals surface area contributed by atoms with E-state index in [0.717, 1.165) is 58.7 Å². The molecule has 0 saturated carbocycles. The van der Waals surface area contributed by atoms with Gasteiger partial charge >= 0.3 is 0 Å². The Morgan fingerprint density at radius 1 is 0.750 bits per heavy atom. The van der Waals surface area contributed by atoms with Crippen molar-refractivity contribution >= 4 is 5.91 Å². The Labute approximate surface area is 123 Å². The number of nitrogens with two attached hydrogens (primary N) is 1. The summed E-state index contributed by atoms with van der Waals surface area (Å²) in [5, 5.41) is 12.9. The van der Waals surface area contributed by atoms with Crippen LogP contribution in [-0.2, 0) is 4.79 Å². The smallest absolute Gasteiger partial charge is 0.216 e. The van der Waals surface area contributed by atoms with Crippen molar-refractivity contribution in [2.75, 3.05) is 52.4 Å². The summed E-state index contributed by atoms with van der Waals surface area (Å²) in [6.07, 6.45) is 4.54. The van der Waals surface area contributed by atoms with Crippen LogP contribution in [-0.4, -0.2) is 58.3 Å². The molecule has 0 aliphatic rings. The SMILES string of the molecule is CC(=O)NCCCNCCCCNCCCNCCN. The molecular formula is C14H33N5O. The third-order valence-electron chi connectivity index (χ3n) is 2.89. The van der Waals surface area contributed by atoms with Crippen LogP contribution in [0.3, 0.4) is 0 Å². The second-order valence-electron chi connectivity index (χ2n) is 4.94. The first kappa shape index (κ1) is 19.3. The van der Waals surface area contributed by atoms with E-state index in [1.807, 2.05) is 0 Å². The molecule has 120 valence electrons. The van der Waals surface area contributed by atoms with Crippen LogP contribution in [0.15, 0.2) is 0 Å². The molecule has 0 aromatic rings. The summed E-state index contributed by atoms with van der Waals surface area (Å²) in [6.45, 7) is 9.17. The van der Waals surface area contributed by atoms with E-state index in [1.165, 1.54) is 12.8 Å². The summed E-state index contributed by atoms with van der Waals surface area (Å²) >= 11 is 0. The highest BCUT2D eigenvalue weighted by atomic mass is 16.1. The summed E-state index contributed by atoms with van der Waals surface area (Å²) < 4.78 is 0. The molecule has 0 radical (unpaired) electrons. The zero-order chi connectivity index (χ0) is 14.9. The molecule has 0 saturated heterocycles. The molecule has 1 amide bonds. The van der Waals surface area contributed by atoms with E-state index in [9.17, 15) is 4.79 Å². The Hall–Kier alpha value is -0.690. The van der Waals surface area contributed by atoms with E-state index in [2.05, 4.69) is 21.3 Å². The number of carbonyl (C=O) groups excluding carboxylic acids is 1. The van der Waals surface area contributed by atoms with E-state index in [4.69, 9.17) is 5.73 Å². The zero-order valence-electron chi connectivity index (χ0n) is 13.0. The fourth-order valence-corrected chi connectivity index (χ4v) is 1.79. The van der Waals surface area contributed by atoms with Crippen LogP contribution in [0.1, 0.15) is 32.6 Å². The summed E-state index contributed by atoms with van der Waals surface area (Å²) in [7, 11) is 0. The van der Waals surface area contributed by atoms with Crippen molar-refractivity contribution in [3.63, 3.8) is 0 Å². The first-order valence-corrected chi connectivity index (χ1v) is 7.84. The van der Waals surface area contributed by atoms with Crippen molar-refractivity contribution in [3.05, 3.63) is 0 Å². The lowest BCUT2D eigenvalue weighted by atomic mass is 10.3. The normalized spacial score (nSPS) is 10.7. The molecule has 0 aliphatic carbocycles. The van der Waals surface area contributed by atoms with Gasteiger partial charge in [0.25, 0.3) is 0 Å². The number of hydrogen-bond acceptors (Lipinski definition) is 5. The van der Waals surface area contributed by atoms with Crippen LogP contribution in [0.5, 0.6) is 0 Å². The molecule has 0 aliphatic heterocycles. The molecule has 0 bridgehead atoms. The summed E-state index contributed by atoms with van der Waals surface area (Å²) in [4.78, 5) is 10.6. The quantitative estimate of drug-likeness (QED) is 0.260. The molecule has 0 heterocycles. The molecule has 0 fully saturated rings. The van der Waals surface area contributed by atoms with Crippen LogP contribution in [0, 0.1) is 0 Å². The maximum absolute atomic E-state index is 10.6. The maximum atomic E-state index is 10.6. The largest absolute Gasteiger partial charge is 0.356 e. The predicted molar refractivity (Wildman–Crippen MR) is 84.8 cm³/mol. The van der Waals surface area contributed by atoms with Gasteiger partial charge in [0.15, 0.2) is 0 Å². The van der Waals surface area contributed by atoms with E-state index in [-0.39, 0.29) is 5.91 Å². The highest BCUT2D eigenvalue weighted by Crippen LogP contribution is 1.85. The molecule has 6 nitrogen and oxygen atoms in total. The lowest BCUT2D eigenvalue weighted by Gasteiger charge is -2.07. The topological polar surface area (TPSA) is 91.2 Å². The van der Waals surface area contributed by atoms with Gasteiger partial charge in [-0.25, -0.2) is 0 Å². The minimum absolute atomic E-state index is 0.0503. The van der Waals surface area contributed by atoms with Gasteiger partial charge in [0.05, 0.1) is 0 Å². The highest BCUT2D eigenvalue weighted by Gasteiger charge is 1.92. The van der Waals surface area contributed by atoms with Crippen molar-refractivity contribution in [3.8, 4) is 0 Å².